The Morgan fingerprint density at radius 3 is 2.12 bits per heavy atom. The Kier molecular flexibility index (Phi) is 5.45. The molecule has 17 heavy (non-hydrogen) atoms. The summed E-state index contributed by atoms with van der Waals surface area (Å²) >= 11 is 0. The number of carbonyl (C=O) groups excluding carboxylic acids is 1. The third-order valence-electron chi connectivity index (χ3n) is 3.26. The van der Waals surface area contributed by atoms with Crippen molar-refractivity contribution < 1.29 is 14.7 Å². The van der Waals surface area contributed by atoms with Gasteiger partial charge in [-0.2, -0.15) is 0 Å². The summed E-state index contributed by atoms with van der Waals surface area (Å²) in [5.41, 5.74) is -1.19. The van der Waals surface area contributed by atoms with Crippen LogP contribution in [-0.2, 0) is 4.79 Å². The number of amides is 2. The molecule has 5 nitrogen and oxygen atoms in total. The highest BCUT2D eigenvalue weighted by molar-refractivity contribution is 5.85. The zero-order chi connectivity index (χ0) is 13.8. The van der Waals surface area contributed by atoms with Crippen LogP contribution < -0.4 is 0 Å². The molecule has 0 aliphatic carbocycles. The van der Waals surface area contributed by atoms with Crippen LogP contribution in [0.2, 0.25) is 0 Å². The highest BCUT2D eigenvalue weighted by Gasteiger charge is 2.36. The highest BCUT2D eigenvalue weighted by Crippen LogP contribution is 2.15. The Labute approximate surface area is 103 Å². The van der Waals surface area contributed by atoms with Gasteiger partial charge in [0.25, 0.3) is 0 Å². The summed E-state index contributed by atoms with van der Waals surface area (Å²) in [6.45, 7) is 7.80. The molecular weight excluding hydrogens is 220 g/mol. The van der Waals surface area contributed by atoms with Crippen molar-refractivity contribution in [3.63, 3.8) is 0 Å². The molecule has 0 bridgehead atoms. The van der Waals surface area contributed by atoms with Crippen molar-refractivity contribution >= 4 is 12.0 Å². The highest BCUT2D eigenvalue weighted by atomic mass is 16.4. The predicted octanol–water partition coefficient (Wildman–Crippen LogP) is 1.88. The van der Waals surface area contributed by atoms with Gasteiger partial charge >= 0.3 is 12.0 Å². The Hall–Kier alpha value is -1.26. The van der Waals surface area contributed by atoms with E-state index in [0.29, 0.717) is 12.5 Å². The molecule has 0 radical (unpaired) electrons. The van der Waals surface area contributed by atoms with Gasteiger partial charge in [0.15, 0.2) is 0 Å². The van der Waals surface area contributed by atoms with Crippen molar-refractivity contribution in [3.8, 4) is 0 Å². The maximum absolute atomic E-state index is 12.0. The number of carboxylic acid groups (broad SMARTS) is 1. The normalized spacial score (nSPS) is 13.1. The molecule has 0 aliphatic rings. The Bertz CT molecular complexity index is 289. The van der Waals surface area contributed by atoms with Gasteiger partial charge in [-0.3, -0.25) is 0 Å². The Morgan fingerprint density at radius 2 is 1.76 bits per heavy atom. The van der Waals surface area contributed by atoms with E-state index in [-0.39, 0.29) is 6.03 Å². The molecule has 100 valence electrons. The molecular formula is C12H24N2O3. The van der Waals surface area contributed by atoms with Crippen molar-refractivity contribution in [2.75, 3.05) is 20.6 Å². The first kappa shape index (κ1) is 15.7. The number of likely N-dealkylation sites (N-methyl/N-ethyl adjacent to an activating group) is 1. The van der Waals surface area contributed by atoms with Gasteiger partial charge in [0.2, 0.25) is 0 Å². The quantitative estimate of drug-likeness (QED) is 0.803. The van der Waals surface area contributed by atoms with Crippen LogP contribution in [0, 0.1) is 5.92 Å². The topological polar surface area (TPSA) is 60.9 Å². The summed E-state index contributed by atoms with van der Waals surface area (Å²) in [6.07, 6.45) is 0.990. The van der Waals surface area contributed by atoms with Gasteiger partial charge in [0.1, 0.15) is 5.54 Å². The van der Waals surface area contributed by atoms with Crippen LogP contribution in [0.1, 0.15) is 34.1 Å². The summed E-state index contributed by atoms with van der Waals surface area (Å²) in [4.78, 5) is 25.9. The fraction of sp³-hybridized carbons (Fsp3) is 0.833. The van der Waals surface area contributed by atoms with Crippen LogP contribution in [-0.4, -0.2) is 53.1 Å². The number of urea groups is 1. The third-order valence-corrected chi connectivity index (χ3v) is 3.26. The molecule has 0 aromatic rings. The minimum absolute atomic E-state index is 0.266. The van der Waals surface area contributed by atoms with Gasteiger partial charge < -0.3 is 14.9 Å². The van der Waals surface area contributed by atoms with E-state index in [2.05, 4.69) is 13.8 Å². The molecule has 1 atom stereocenters. The van der Waals surface area contributed by atoms with Gasteiger partial charge in [0, 0.05) is 20.6 Å². The molecule has 0 aromatic carbocycles. The summed E-state index contributed by atoms with van der Waals surface area (Å²) in [5.74, 6) is -0.601. The van der Waals surface area contributed by atoms with E-state index in [0.717, 1.165) is 6.42 Å². The first-order valence-corrected chi connectivity index (χ1v) is 5.86. The van der Waals surface area contributed by atoms with Crippen LogP contribution >= 0.6 is 0 Å². The Balaban J connectivity index is 4.65. The third kappa shape index (κ3) is 3.91. The summed E-state index contributed by atoms with van der Waals surface area (Å²) in [5, 5.41) is 9.06. The van der Waals surface area contributed by atoms with E-state index in [1.165, 1.54) is 25.8 Å². The number of aliphatic carboxylic acids is 1. The lowest BCUT2D eigenvalue weighted by molar-refractivity contribution is -0.147. The van der Waals surface area contributed by atoms with Gasteiger partial charge in [-0.1, -0.05) is 20.3 Å². The smallest absolute Gasteiger partial charge is 0.329 e. The van der Waals surface area contributed by atoms with E-state index in [1.54, 1.807) is 11.9 Å². The van der Waals surface area contributed by atoms with E-state index in [4.69, 9.17) is 5.11 Å². The van der Waals surface area contributed by atoms with Crippen LogP contribution in [0.25, 0.3) is 0 Å². The summed E-state index contributed by atoms with van der Waals surface area (Å²) < 4.78 is 0. The maximum Gasteiger partial charge on any atom is 0.329 e. The minimum Gasteiger partial charge on any atom is -0.480 e. The van der Waals surface area contributed by atoms with E-state index >= 15 is 0 Å². The van der Waals surface area contributed by atoms with Crippen LogP contribution in [0.15, 0.2) is 0 Å². The lowest BCUT2D eigenvalue weighted by atomic mass is 10.0. The fourth-order valence-electron chi connectivity index (χ4n) is 1.31. The summed E-state index contributed by atoms with van der Waals surface area (Å²) in [6, 6.07) is -0.266. The molecule has 0 fully saturated rings. The maximum atomic E-state index is 12.0. The van der Waals surface area contributed by atoms with Crippen molar-refractivity contribution in [3.05, 3.63) is 0 Å². The first-order valence-electron chi connectivity index (χ1n) is 5.86. The van der Waals surface area contributed by atoms with Crippen LogP contribution in [0.5, 0.6) is 0 Å². The molecule has 1 unspecified atom stereocenters. The number of carbonyl (C=O) groups is 2. The van der Waals surface area contributed by atoms with E-state index in [9.17, 15) is 9.59 Å². The molecule has 0 heterocycles. The van der Waals surface area contributed by atoms with Crippen LogP contribution in [0.3, 0.4) is 0 Å². The van der Waals surface area contributed by atoms with E-state index in [1.807, 2.05) is 0 Å². The van der Waals surface area contributed by atoms with Gasteiger partial charge in [-0.15, -0.1) is 0 Å². The molecule has 0 saturated carbocycles. The number of hydrogen-bond donors (Lipinski definition) is 1. The molecule has 2 amide bonds. The monoisotopic (exact) mass is 244 g/mol. The molecule has 0 rings (SSSR count). The van der Waals surface area contributed by atoms with E-state index < -0.39 is 11.5 Å². The number of nitrogens with zero attached hydrogens (tertiary/aromatic N) is 2. The summed E-state index contributed by atoms with van der Waals surface area (Å²) in [7, 11) is 3.21. The van der Waals surface area contributed by atoms with Gasteiger partial charge in [0.05, 0.1) is 0 Å². The Morgan fingerprint density at radius 1 is 1.29 bits per heavy atom. The molecule has 1 N–H and O–H groups in total. The van der Waals surface area contributed by atoms with Crippen molar-refractivity contribution in [2.45, 2.75) is 39.7 Å². The molecule has 0 aliphatic heterocycles. The second-order valence-corrected chi connectivity index (χ2v) is 5.10. The van der Waals surface area contributed by atoms with Crippen molar-refractivity contribution in [1.29, 1.82) is 0 Å². The zero-order valence-corrected chi connectivity index (χ0v) is 11.6. The average Bonchev–Trinajstić information content (AvgIpc) is 2.26. The molecule has 0 spiro atoms. The number of hydrogen-bond acceptors (Lipinski definition) is 2. The SMILES string of the molecule is CCC(C)CN(C)C(=O)N(C)C(C)(C)C(=O)O. The zero-order valence-electron chi connectivity index (χ0n) is 11.6. The minimum atomic E-state index is -1.19. The number of carboxylic acids is 1. The van der Waals surface area contributed by atoms with Crippen molar-refractivity contribution in [2.24, 2.45) is 5.92 Å². The fourth-order valence-corrected chi connectivity index (χ4v) is 1.31. The van der Waals surface area contributed by atoms with Gasteiger partial charge in [-0.05, 0) is 19.8 Å². The van der Waals surface area contributed by atoms with Crippen molar-refractivity contribution in [1.82, 2.24) is 9.80 Å². The lowest BCUT2D eigenvalue weighted by Gasteiger charge is -2.35. The standard InChI is InChI=1S/C12H24N2O3/c1-7-9(2)8-13(5)11(17)14(6)12(3,4)10(15)16/h9H,7-8H2,1-6H3,(H,15,16). The second kappa shape index (κ2) is 5.89. The first-order chi connectivity index (χ1) is 7.64. The molecule has 0 saturated heterocycles. The average molecular weight is 244 g/mol. The molecule has 5 heteroatoms. The lowest BCUT2D eigenvalue weighted by Crippen LogP contribution is -2.54. The predicted molar refractivity (Wildman–Crippen MR) is 67.0 cm³/mol. The second-order valence-electron chi connectivity index (χ2n) is 5.10. The van der Waals surface area contributed by atoms with Gasteiger partial charge in [-0.25, -0.2) is 9.59 Å². The largest absolute Gasteiger partial charge is 0.480 e. The molecule has 0 aromatic heterocycles. The number of rotatable bonds is 5. The van der Waals surface area contributed by atoms with Crippen LogP contribution in [0.4, 0.5) is 4.79 Å².